The zero-order valence-electron chi connectivity index (χ0n) is 7.45. The highest BCUT2D eigenvalue weighted by molar-refractivity contribution is 5.62. The molecule has 0 saturated heterocycles. The number of imidazole rings is 1. The van der Waals surface area contributed by atoms with Crippen LogP contribution in [0.4, 0.5) is 4.79 Å². The van der Waals surface area contributed by atoms with E-state index in [2.05, 4.69) is 14.7 Å². The molecule has 0 saturated carbocycles. The molecule has 5 nitrogen and oxygen atoms in total. The smallest absolute Gasteiger partial charge is 0.434 e. The van der Waals surface area contributed by atoms with Gasteiger partial charge >= 0.3 is 12.2 Å². The molecule has 1 N–H and O–H groups in total. The monoisotopic (exact) mass is 184 g/mol. The summed E-state index contributed by atoms with van der Waals surface area (Å²) in [6.45, 7) is 2.40. The van der Waals surface area contributed by atoms with Crippen molar-refractivity contribution in [3.63, 3.8) is 0 Å². The average Bonchev–Trinajstić information content (AvgIpc) is 2.57. The molecule has 1 aromatic heterocycles. The van der Waals surface area contributed by atoms with Crippen LogP contribution in [-0.4, -0.2) is 22.7 Å². The summed E-state index contributed by atoms with van der Waals surface area (Å²) < 4.78 is 9.41. The molecule has 0 amide bonds. The summed E-state index contributed by atoms with van der Waals surface area (Å²) in [4.78, 5) is 17.2. The number of aromatic amines is 1. The topological polar surface area (TPSA) is 64.2 Å². The number of nitrogens with zero attached hydrogens (tertiary/aromatic N) is 1. The van der Waals surface area contributed by atoms with Crippen molar-refractivity contribution in [1.29, 1.82) is 0 Å². The van der Waals surface area contributed by atoms with Crippen molar-refractivity contribution in [1.82, 2.24) is 9.97 Å². The quantitative estimate of drug-likeness (QED) is 0.571. The fourth-order valence-corrected chi connectivity index (χ4v) is 0.715. The van der Waals surface area contributed by atoms with Gasteiger partial charge in [0.15, 0.2) is 0 Å². The minimum absolute atomic E-state index is 0.154. The van der Waals surface area contributed by atoms with Crippen LogP contribution in [0.15, 0.2) is 12.4 Å². The number of aromatic nitrogens is 2. The average molecular weight is 184 g/mol. The van der Waals surface area contributed by atoms with Crippen LogP contribution in [0.25, 0.3) is 0 Å². The van der Waals surface area contributed by atoms with E-state index in [0.717, 1.165) is 12.8 Å². The number of hydrogen-bond donors (Lipinski definition) is 1. The third-order valence-corrected chi connectivity index (χ3v) is 1.37. The SMILES string of the molecule is CCCCOC(=O)Oc1ncc[nH]1. The fraction of sp³-hybridized carbons (Fsp3) is 0.500. The maximum absolute atomic E-state index is 10.9. The molecule has 0 fully saturated rings. The highest BCUT2D eigenvalue weighted by atomic mass is 16.7. The van der Waals surface area contributed by atoms with Gasteiger partial charge in [-0.2, -0.15) is 0 Å². The first-order chi connectivity index (χ1) is 6.33. The predicted octanol–water partition coefficient (Wildman–Crippen LogP) is 1.73. The maximum Gasteiger partial charge on any atom is 0.516 e. The molecule has 0 bridgehead atoms. The summed E-state index contributed by atoms with van der Waals surface area (Å²) in [5, 5.41) is 0. The van der Waals surface area contributed by atoms with Crippen LogP contribution in [0.5, 0.6) is 6.01 Å². The van der Waals surface area contributed by atoms with Gasteiger partial charge in [-0.1, -0.05) is 13.3 Å². The summed E-state index contributed by atoms with van der Waals surface area (Å²) in [5.41, 5.74) is 0. The van der Waals surface area contributed by atoms with Gasteiger partial charge in [0.2, 0.25) is 0 Å². The number of unbranched alkanes of at least 4 members (excludes halogenated alkanes) is 1. The summed E-state index contributed by atoms with van der Waals surface area (Å²) in [6, 6.07) is 0.154. The number of carbonyl (C=O) groups is 1. The zero-order valence-corrected chi connectivity index (χ0v) is 7.45. The Morgan fingerprint density at radius 3 is 3.15 bits per heavy atom. The Bertz CT molecular complexity index is 246. The van der Waals surface area contributed by atoms with Gasteiger partial charge in [-0.15, -0.1) is 0 Å². The summed E-state index contributed by atoms with van der Waals surface area (Å²) in [7, 11) is 0. The van der Waals surface area contributed by atoms with Crippen LogP contribution in [-0.2, 0) is 4.74 Å². The van der Waals surface area contributed by atoms with Crippen LogP contribution < -0.4 is 4.74 Å². The third-order valence-electron chi connectivity index (χ3n) is 1.37. The van der Waals surface area contributed by atoms with Gasteiger partial charge in [-0.05, 0) is 6.42 Å². The number of nitrogens with one attached hydrogen (secondary N) is 1. The molecule has 0 atom stereocenters. The highest BCUT2D eigenvalue weighted by Gasteiger charge is 2.06. The molecule has 5 heteroatoms. The van der Waals surface area contributed by atoms with Crippen molar-refractivity contribution in [2.75, 3.05) is 6.61 Å². The third kappa shape index (κ3) is 3.59. The molecule has 1 heterocycles. The Hall–Kier alpha value is -1.52. The molecule has 0 aromatic carbocycles. The molecule has 0 aliphatic heterocycles. The number of rotatable bonds is 4. The van der Waals surface area contributed by atoms with E-state index in [0.29, 0.717) is 6.61 Å². The lowest BCUT2D eigenvalue weighted by Crippen LogP contribution is -2.12. The lowest BCUT2D eigenvalue weighted by molar-refractivity contribution is 0.0949. The number of ether oxygens (including phenoxy) is 2. The molecule has 72 valence electrons. The Balaban J connectivity index is 2.18. The van der Waals surface area contributed by atoms with E-state index in [9.17, 15) is 4.79 Å². The number of carbonyl (C=O) groups excluding carboxylic acids is 1. The van der Waals surface area contributed by atoms with Crippen molar-refractivity contribution < 1.29 is 14.3 Å². The molecule has 0 aliphatic carbocycles. The van der Waals surface area contributed by atoms with E-state index < -0.39 is 6.16 Å². The molecule has 0 radical (unpaired) electrons. The molecule has 1 aromatic rings. The Morgan fingerprint density at radius 1 is 1.69 bits per heavy atom. The van der Waals surface area contributed by atoms with Crippen LogP contribution >= 0.6 is 0 Å². The van der Waals surface area contributed by atoms with Crippen molar-refractivity contribution >= 4 is 6.16 Å². The highest BCUT2D eigenvalue weighted by Crippen LogP contribution is 2.00. The van der Waals surface area contributed by atoms with E-state index >= 15 is 0 Å². The molecule has 13 heavy (non-hydrogen) atoms. The lowest BCUT2D eigenvalue weighted by Gasteiger charge is -2.01. The largest absolute Gasteiger partial charge is 0.516 e. The second kappa shape index (κ2) is 5.18. The van der Waals surface area contributed by atoms with E-state index in [1.165, 1.54) is 6.20 Å². The summed E-state index contributed by atoms with van der Waals surface area (Å²) in [5.74, 6) is 0. The Labute approximate surface area is 76.1 Å². The maximum atomic E-state index is 10.9. The first kappa shape index (κ1) is 9.57. The van der Waals surface area contributed by atoms with Gasteiger partial charge in [0, 0.05) is 12.4 Å². The van der Waals surface area contributed by atoms with Crippen molar-refractivity contribution in [3.05, 3.63) is 12.4 Å². The van der Waals surface area contributed by atoms with E-state index in [1.807, 2.05) is 6.92 Å². The van der Waals surface area contributed by atoms with Gasteiger partial charge in [0.25, 0.3) is 0 Å². The van der Waals surface area contributed by atoms with Crippen molar-refractivity contribution in [2.45, 2.75) is 19.8 Å². The van der Waals surface area contributed by atoms with Crippen LogP contribution in [0.3, 0.4) is 0 Å². The fourth-order valence-electron chi connectivity index (χ4n) is 0.715. The Morgan fingerprint density at radius 2 is 2.54 bits per heavy atom. The first-order valence-corrected chi connectivity index (χ1v) is 4.17. The number of H-pyrrole nitrogens is 1. The number of hydrogen-bond acceptors (Lipinski definition) is 4. The normalized spacial score (nSPS) is 9.62. The Kier molecular flexibility index (Phi) is 3.81. The molecule has 1 rings (SSSR count). The lowest BCUT2D eigenvalue weighted by atomic mass is 10.4. The van der Waals surface area contributed by atoms with Crippen LogP contribution in [0.1, 0.15) is 19.8 Å². The zero-order chi connectivity index (χ0) is 9.52. The van der Waals surface area contributed by atoms with E-state index in [-0.39, 0.29) is 6.01 Å². The molecular weight excluding hydrogens is 172 g/mol. The van der Waals surface area contributed by atoms with Crippen molar-refractivity contribution in [3.8, 4) is 6.01 Å². The predicted molar refractivity (Wildman–Crippen MR) is 45.5 cm³/mol. The van der Waals surface area contributed by atoms with Gasteiger partial charge in [0.1, 0.15) is 0 Å². The van der Waals surface area contributed by atoms with Crippen molar-refractivity contribution in [2.24, 2.45) is 0 Å². The van der Waals surface area contributed by atoms with E-state index in [1.54, 1.807) is 6.20 Å². The van der Waals surface area contributed by atoms with Crippen LogP contribution in [0.2, 0.25) is 0 Å². The van der Waals surface area contributed by atoms with Gasteiger partial charge in [-0.3, -0.25) is 0 Å². The standard InChI is InChI=1S/C8H12N2O3/c1-2-3-6-12-8(11)13-7-9-4-5-10-7/h4-5H,2-3,6H2,1H3,(H,9,10). The first-order valence-electron chi connectivity index (χ1n) is 4.17. The summed E-state index contributed by atoms with van der Waals surface area (Å²) in [6.07, 6.45) is 4.16. The molecular formula is C8H12N2O3. The molecule has 0 unspecified atom stereocenters. The van der Waals surface area contributed by atoms with Gasteiger partial charge in [-0.25, -0.2) is 9.78 Å². The minimum Gasteiger partial charge on any atom is -0.434 e. The summed E-state index contributed by atoms with van der Waals surface area (Å²) >= 11 is 0. The second-order valence-corrected chi connectivity index (χ2v) is 2.45. The van der Waals surface area contributed by atoms with Gasteiger partial charge in [0.05, 0.1) is 6.61 Å². The second-order valence-electron chi connectivity index (χ2n) is 2.45. The minimum atomic E-state index is -0.719. The van der Waals surface area contributed by atoms with Gasteiger partial charge < -0.3 is 14.5 Å². The molecule has 0 spiro atoms. The van der Waals surface area contributed by atoms with Crippen LogP contribution in [0, 0.1) is 0 Å². The van der Waals surface area contributed by atoms with E-state index in [4.69, 9.17) is 4.74 Å². The molecule has 0 aliphatic rings.